The minimum absolute atomic E-state index is 0.0605. The largest absolute Gasteiger partial charge is 0.336 e. The Kier molecular flexibility index (Phi) is 7.16. The van der Waals surface area contributed by atoms with Crippen molar-refractivity contribution in [3.8, 4) is 0 Å². The molecule has 1 aliphatic rings. The normalized spacial score (nSPS) is 14.0. The predicted octanol–water partition coefficient (Wildman–Crippen LogP) is 2.47. The summed E-state index contributed by atoms with van der Waals surface area (Å²) < 4.78 is 0. The van der Waals surface area contributed by atoms with Gasteiger partial charge in [0.1, 0.15) is 0 Å². The van der Waals surface area contributed by atoms with Crippen molar-refractivity contribution in [3.63, 3.8) is 0 Å². The highest BCUT2D eigenvalue weighted by atomic mass is 16.6. The summed E-state index contributed by atoms with van der Waals surface area (Å²) in [6.07, 6.45) is 0. The molecule has 10 nitrogen and oxygen atoms in total. The van der Waals surface area contributed by atoms with Crippen LogP contribution in [0.4, 0.5) is 17.1 Å². The Hall–Kier alpha value is -3.79. The minimum Gasteiger partial charge on any atom is -0.336 e. The molecule has 1 aliphatic heterocycles. The van der Waals surface area contributed by atoms with Crippen LogP contribution in [0, 0.1) is 10.1 Å². The zero-order chi connectivity index (χ0) is 23.3. The second-order valence-electron chi connectivity index (χ2n) is 7.66. The lowest BCUT2D eigenvalue weighted by Gasteiger charge is -2.35. The average Bonchev–Trinajstić information content (AvgIpc) is 2.73. The van der Waals surface area contributed by atoms with E-state index < -0.39 is 4.92 Å². The molecule has 0 spiro atoms. The lowest BCUT2D eigenvalue weighted by molar-refractivity contribution is -0.384. The number of non-ortho nitro benzene ring substituents is 1. The first-order valence-electron chi connectivity index (χ1n) is 10.2. The molecule has 0 aromatic heterocycles. The molecular formula is C22H25N5O5. The van der Waals surface area contributed by atoms with Gasteiger partial charge in [-0.15, -0.1) is 0 Å². The lowest BCUT2D eigenvalue weighted by Crippen LogP contribution is -2.48. The van der Waals surface area contributed by atoms with Crippen molar-refractivity contribution in [1.82, 2.24) is 9.80 Å². The highest BCUT2D eigenvalue weighted by Gasteiger charge is 2.23. The molecule has 1 saturated heterocycles. The van der Waals surface area contributed by atoms with Gasteiger partial charge in [-0.05, 0) is 23.8 Å². The van der Waals surface area contributed by atoms with Crippen LogP contribution in [0.15, 0.2) is 42.5 Å². The van der Waals surface area contributed by atoms with E-state index in [-0.39, 0.29) is 23.4 Å². The van der Waals surface area contributed by atoms with Gasteiger partial charge >= 0.3 is 0 Å². The van der Waals surface area contributed by atoms with Crippen LogP contribution in [0.25, 0.3) is 0 Å². The quantitative estimate of drug-likeness (QED) is 0.526. The number of carbonyl (C=O) groups excluding carboxylic acids is 3. The Balaban J connectivity index is 1.66. The van der Waals surface area contributed by atoms with Gasteiger partial charge in [-0.1, -0.05) is 12.1 Å². The number of nitro groups is 1. The highest BCUT2D eigenvalue weighted by molar-refractivity contribution is 6.00. The minimum atomic E-state index is -0.412. The Morgan fingerprint density at radius 3 is 2.06 bits per heavy atom. The van der Waals surface area contributed by atoms with Crippen LogP contribution in [0.2, 0.25) is 0 Å². The monoisotopic (exact) mass is 439 g/mol. The van der Waals surface area contributed by atoms with Crippen molar-refractivity contribution in [1.29, 1.82) is 0 Å². The molecule has 0 atom stereocenters. The topological polar surface area (TPSA) is 125 Å². The molecule has 0 unspecified atom stereocenters. The SMILES string of the molecule is CC(=O)Nc1cc(NC(C)=O)cc(C(=O)N2CCN(Cc3cccc([N+](=O)[O-])c3)CC2)c1. The molecule has 1 heterocycles. The molecule has 2 aromatic rings. The number of piperazine rings is 1. The fraction of sp³-hybridized carbons (Fsp3) is 0.318. The van der Waals surface area contributed by atoms with E-state index in [1.807, 2.05) is 6.07 Å². The van der Waals surface area contributed by atoms with E-state index in [0.29, 0.717) is 49.7 Å². The van der Waals surface area contributed by atoms with Crippen LogP contribution in [0.5, 0.6) is 0 Å². The zero-order valence-electron chi connectivity index (χ0n) is 18.0. The fourth-order valence-corrected chi connectivity index (χ4v) is 3.62. The van der Waals surface area contributed by atoms with Gasteiger partial charge in [0, 0.05) is 75.6 Å². The number of benzene rings is 2. The first kappa shape index (κ1) is 22.9. The Labute approximate surface area is 185 Å². The third kappa shape index (κ3) is 6.11. The Morgan fingerprint density at radius 1 is 0.938 bits per heavy atom. The molecule has 32 heavy (non-hydrogen) atoms. The molecule has 3 rings (SSSR count). The van der Waals surface area contributed by atoms with Crippen molar-refractivity contribution in [3.05, 3.63) is 63.7 Å². The van der Waals surface area contributed by atoms with Gasteiger partial charge in [-0.3, -0.25) is 29.4 Å². The van der Waals surface area contributed by atoms with Gasteiger partial charge in [0.15, 0.2) is 0 Å². The van der Waals surface area contributed by atoms with Gasteiger partial charge < -0.3 is 15.5 Å². The van der Waals surface area contributed by atoms with Crippen molar-refractivity contribution in [2.45, 2.75) is 20.4 Å². The van der Waals surface area contributed by atoms with Crippen LogP contribution >= 0.6 is 0 Å². The van der Waals surface area contributed by atoms with Crippen molar-refractivity contribution < 1.29 is 19.3 Å². The number of nitrogens with one attached hydrogen (secondary N) is 2. The molecule has 168 valence electrons. The summed E-state index contributed by atoms with van der Waals surface area (Å²) in [6, 6.07) is 11.3. The number of rotatable bonds is 6. The molecular weight excluding hydrogens is 414 g/mol. The fourth-order valence-electron chi connectivity index (χ4n) is 3.62. The maximum atomic E-state index is 13.1. The van der Waals surface area contributed by atoms with E-state index in [2.05, 4.69) is 15.5 Å². The molecule has 0 saturated carbocycles. The molecule has 10 heteroatoms. The predicted molar refractivity (Wildman–Crippen MR) is 119 cm³/mol. The smallest absolute Gasteiger partial charge is 0.269 e. The molecule has 1 fully saturated rings. The van der Waals surface area contributed by atoms with Gasteiger partial charge in [-0.2, -0.15) is 0 Å². The first-order valence-corrected chi connectivity index (χ1v) is 10.2. The van der Waals surface area contributed by atoms with Crippen LogP contribution in [0.1, 0.15) is 29.8 Å². The van der Waals surface area contributed by atoms with Crippen molar-refractivity contribution in [2.75, 3.05) is 36.8 Å². The maximum Gasteiger partial charge on any atom is 0.269 e. The second kappa shape index (κ2) is 10.0. The standard InChI is InChI=1S/C22H25N5O5/c1-15(28)23-19-11-18(12-20(13-19)24-16(2)29)22(30)26-8-6-25(7-9-26)14-17-4-3-5-21(10-17)27(31)32/h3-5,10-13H,6-9,14H2,1-2H3,(H,23,28)(H,24,29). The Morgan fingerprint density at radius 2 is 1.53 bits per heavy atom. The zero-order valence-corrected chi connectivity index (χ0v) is 18.0. The van der Waals surface area contributed by atoms with Crippen LogP contribution in [-0.4, -0.2) is 58.6 Å². The lowest BCUT2D eigenvalue weighted by atomic mass is 10.1. The highest BCUT2D eigenvalue weighted by Crippen LogP contribution is 2.22. The van der Waals surface area contributed by atoms with Crippen LogP contribution in [-0.2, 0) is 16.1 Å². The average molecular weight is 439 g/mol. The van der Waals surface area contributed by atoms with E-state index >= 15 is 0 Å². The van der Waals surface area contributed by atoms with Crippen LogP contribution in [0.3, 0.4) is 0 Å². The number of carbonyl (C=O) groups is 3. The summed E-state index contributed by atoms with van der Waals surface area (Å²) in [5, 5.41) is 16.3. The second-order valence-corrected chi connectivity index (χ2v) is 7.66. The molecule has 0 radical (unpaired) electrons. The molecule has 0 bridgehead atoms. The van der Waals surface area contributed by atoms with Gasteiger partial charge in [0.25, 0.3) is 11.6 Å². The third-order valence-electron chi connectivity index (χ3n) is 5.01. The number of nitrogens with zero attached hydrogens (tertiary/aromatic N) is 3. The van der Waals surface area contributed by atoms with E-state index in [4.69, 9.17) is 0 Å². The van der Waals surface area contributed by atoms with Gasteiger partial charge in [-0.25, -0.2) is 0 Å². The van der Waals surface area contributed by atoms with Gasteiger partial charge in [0.2, 0.25) is 11.8 Å². The van der Waals surface area contributed by atoms with Crippen LogP contribution < -0.4 is 10.6 Å². The number of hydrogen-bond acceptors (Lipinski definition) is 6. The summed E-state index contributed by atoms with van der Waals surface area (Å²) in [4.78, 5) is 50.4. The van der Waals surface area contributed by atoms with E-state index in [1.165, 1.54) is 19.9 Å². The number of nitro benzene ring substituents is 1. The van der Waals surface area contributed by atoms with Gasteiger partial charge in [0.05, 0.1) is 4.92 Å². The van der Waals surface area contributed by atoms with Crippen molar-refractivity contribution >= 4 is 34.8 Å². The number of hydrogen-bond donors (Lipinski definition) is 2. The number of anilines is 2. The third-order valence-corrected chi connectivity index (χ3v) is 5.01. The summed E-state index contributed by atoms with van der Waals surface area (Å²) in [7, 11) is 0. The van der Waals surface area contributed by atoms with E-state index in [9.17, 15) is 24.5 Å². The Bertz CT molecular complexity index is 1010. The summed E-state index contributed by atoms with van der Waals surface area (Å²) >= 11 is 0. The summed E-state index contributed by atoms with van der Waals surface area (Å²) in [5.74, 6) is -0.755. The molecule has 2 N–H and O–H groups in total. The van der Waals surface area contributed by atoms with E-state index in [0.717, 1.165) is 5.56 Å². The summed E-state index contributed by atoms with van der Waals surface area (Å²) in [6.45, 7) is 5.53. The maximum absolute atomic E-state index is 13.1. The molecule has 0 aliphatic carbocycles. The van der Waals surface area contributed by atoms with Crippen molar-refractivity contribution in [2.24, 2.45) is 0 Å². The summed E-state index contributed by atoms with van der Waals surface area (Å²) in [5.41, 5.74) is 2.13. The molecule has 3 amide bonds. The first-order chi connectivity index (χ1) is 15.2. The number of amides is 3. The van der Waals surface area contributed by atoms with E-state index in [1.54, 1.807) is 35.2 Å². The molecule has 2 aromatic carbocycles.